The van der Waals surface area contributed by atoms with Gasteiger partial charge in [-0.1, -0.05) is 25.7 Å². The summed E-state index contributed by atoms with van der Waals surface area (Å²) < 4.78 is 11.9. The summed E-state index contributed by atoms with van der Waals surface area (Å²) in [6.45, 7) is 3.07. The molecule has 0 saturated heterocycles. The van der Waals surface area contributed by atoms with E-state index in [-0.39, 0.29) is 19.0 Å². The van der Waals surface area contributed by atoms with Crippen LogP contribution < -0.4 is 20.5 Å². The summed E-state index contributed by atoms with van der Waals surface area (Å²) in [4.78, 5) is 11.0. The number of carbonyl (C=O) groups excluding carboxylic acids is 1. The van der Waals surface area contributed by atoms with Gasteiger partial charge in [0, 0.05) is 12.6 Å². The number of rotatable bonds is 8. The van der Waals surface area contributed by atoms with Crippen molar-refractivity contribution >= 4 is 34.2 Å². The maximum atomic E-state index is 11.0. The Hall–Kier alpha value is -0.980. The largest absolute Gasteiger partial charge is 0.490 e. The van der Waals surface area contributed by atoms with Crippen LogP contribution in [0.1, 0.15) is 51.0 Å². The van der Waals surface area contributed by atoms with Crippen LogP contribution in [0.4, 0.5) is 0 Å². The summed E-state index contributed by atoms with van der Waals surface area (Å²) in [5.41, 5.74) is 6.28. The van der Waals surface area contributed by atoms with E-state index in [4.69, 9.17) is 15.2 Å². The van der Waals surface area contributed by atoms with Gasteiger partial charge in [0.15, 0.2) is 18.1 Å². The monoisotopic (exact) mass is 434 g/mol. The van der Waals surface area contributed by atoms with Crippen molar-refractivity contribution in [3.8, 4) is 11.5 Å². The zero-order valence-electron chi connectivity index (χ0n) is 14.7. The Morgan fingerprint density at radius 3 is 2.52 bits per heavy atom. The number of benzene rings is 1. The fraction of sp³-hybridized carbons (Fsp3) is 0.611. The molecule has 1 aromatic rings. The number of hydrogen-bond donors (Lipinski definition) is 2. The first kappa shape index (κ1) is 22.1. The highest BCUT2D eigenvalue weighted by Gasteiger charge is 2.15. The molecule has 0 atom stereocenters. The van der Waals surface area contributed by atoms with Crippen molar-refractivity contribution in [2.45, 2.75) is 58.0 Å². The second-order valence-electron chi connectivity index (χ2n) is 6.16. The van der Waals surface area contributed by atoms with Crippen molar-refractivity contribution in [1.82, 2.24) is 5.32 Å². The van der Waals surface area contributed by atoms with E-state index in [1.807, 2.05) is 19.1 Å². The zero-order valence-corrected chi connectivity index (χ0v) is 17.1. The van der Waals surface area contributed by atoms with E-state index in [0.29, 0.717) is 24.1 Å². The Bertz CT molecular complexity index is 549. The van der Waals surface area contributed by atoms with Crippen LogP contribution in [0.2, 0.25) is 0 Å². The summed E-state index contributed by atoms with van der Waals surface area (Å²) in [6, 6.07) is 4.56. The Kier molecular flexibility index (Phi) is 10.2. The van der Waals surface area contributed by atoms with Crippen molar-refractivity contribution in [3.63, 3.8) is 0 Å². The standard InChI is InChI=1S/C18H27BrN2O3.ClH/c1-2-23-16-10-13(9-15(19)18(16)24-12-17(20)22)11-21-14-7-5-3-4-6-8-14;/h9-10,14,21H,2-8,11-12H2,1H3,(H2,20,22);1H. The molecule has 7 heteroatoms. The molecule has 1 fully saturated rings. The van der Waals surface area contributed by atoms with E-state index >= 15 is 0 Å². The van der Waals surface area contributed by atoms with E-state index in [2.05, 4.69) is 21.2 Å². The van der Waals surface area contributed by atoms with Gasteiger partial charge < -0.3 is 20.5 Å². The first-order valence-corrected chi connectivity index (χ1v) is 9.49. The molecule has 5 nitrogen and oxygen atoms in total. The van der Waals surface area contributed by atoms with Gasteiger partial charge >= 0.3 is 0 Å². The molecule has 0 unspecified atom stereocenters. The number of amides is 1. The number of hydrogen-bond acceptors (Lipinski definition) is 4. The number of ether oxygens (including phenoxy) is 2. The second kappa shape index (κ2) is 11.6. The van der Waals surface area contributed by atoms with Gasteiger partial charge in [0.25, 0.3) is 5.91 Å². The van der Waals surface area contributed by atoms with Crippen molar-refractivity contribution in [3.05, 3.63) is 22.2 Å². The topological polar surface area (TPSA) is 73.6 Å². The Morgan fingerprint density at radius 1 is 1.24 bits per heavy atom. The molecular formula is C18H28BrClN2O3. The summed E-state index contributed by atoms with van der Waals surface area (Å²) >= 11 is 3.51. The summed E-state index contributed by atoms with van der Waals surface area (Å²) in [5.74, 6) is 0.642. The van der Waals surface area contributed by atoms with Crippen molar-refractivity contribution in [2.75, 3.05) is 13.2 Å². The van der Waals surface area contributed by atoms with Gasteiger partial charge in [0.1, 0.15) is 0 Å². The van der Waals surface area contributed by atoms with Crippen LogP contribution >= 0.6 is 28.3 Å². The lowest BCUT2D eigenvalue weighted by atomic mass is 10.1. The van der Waals surface area contributed by atoms with E-state index in [1.165, 1.54) is 38.5 Å². The van der Waals surface area contributed by atoms with Gasteiger partial charge in [-0.2, -0.15) is 0 Å². The molecule has 0 aromatic heterocycles. The molecule has 142 valence electrons. The lowest BCUT2D eigenvalue weighted by Gasteiger charge is -2.18. The molecule has 0 spiro atoms. The third-order valence-electron chi connectivity index (χ3n) is 4.18. The van der Waals surface area contributed by atoms with Crippen LogP contribution in [0.15, 0.2) is 16.6 Å². The lowest BCUT2D eigenvalue weighted by Crippen LogP contribution is -2.27. The Morgan fingerprint density at radius 2 is 1.92 bits per heavy atom. The fourth-order valence-corrected chi connectivity index (χ4v) is 3.62. The van der Waals surface area contributed by atoms with E-state index in [9.17, 15) is 4.79 Å². The third-order valence-corrected chi connectivity index (χ3v) is 4.77. The molecule has 3 N–H and O–H groups in total. The van der Waals surface area contributed by atoms with Gasteiger partial charge in [-0.05, 0) is 53.4 Å². The average molecular weight is 436 g/mol. The molecule has 25 heavy (non-hydrogen) atoms. The highest BCUT2D eigenvalue weighted by molar-refractivity contribution is 9.10. The van der Waals surface area contributed by atoms with Crippen LogP contribution in [-0.4, -0.2) is 25.2 Å². The molecule has 2 rings (SSSR count). The fourth-order valence-electron chi connectivity index (χ4n) is 3.02. The van der Waals surface area contributed by atoms with Gasteiger partial charge in [-0.25, -0.2) is 0 Å². The molecule has 0 heterocycles. The molecule has 0 radical (unpaired) electrons. The minimum atomic E-state index is -0.511. The molecular weight excluding hydrogens is 408 g/mol. The van der Waals surface area contributed by atoms with Gasteiger partial charge in [0.2, 0.25) is 0 Å². The average Bonchev–Trinajstić information content (AvgIpc) is 2.81. The number of primary amides is 1. The zero-order chi connectivity index (χ0) is 17.4. The Balaban J connectivity index is 0.00000312. The quantitative estimate of drug-likeness (QED) is 0.606. The summed E-state index contributed by atoms with van der Waals surface area (Å²) in [5, 5.41) is 3.65. The van der Waals surface area contributed by atoms with Crippen LogP contribution in [0.25, 0.3) is 0 Å². The van der Waals surface area contributed by atoms with Gasteiger partial charge in [-0.15, -0.1) is 12.4 Å². The smallest absolute Gasteiger partial charge is 0.255 e. The first-order valence-electron chi connectivity index (χ1n) is 8.70. The van der Waals surface area contributed by atoms with Crippen molar-refractivity contribution in [1.29, 1.82) is 0 Å². The van der Waals surface area contributed by atoms with Crippen LogP contribution in [-0.2, 0) is 11.3 Å². The van der Waals surface area contributed by atoms with Gasteiger partial charge in [-0.3, -0.25) is 4.79 Å². The number of halogens is 2. The second-order valence-corrected chi connectivity index (χ2v) is 7.02. The maximum absolute atomic E-state index is 11.0. The normalized spacial score (nSPS) is 15.1. The Labute approximate surface area is 164 Å². The molecule has 0 bridgehead atoms. The van der Waals surface area contributed by atoms with Crippen molar-refractivity contribution in [2.24, 2.45) is 5.73 Å². The molecule has 1 amide bonds. The predicted octanol–water partition coefficient (Wildman–Crippen LogP) is 3.95. The van der Waals surface area contributed by atoms with Crippen LogP contribution in [0.5, 0.6) is 11.5 Å². The van der Waals surface area contributed by atoms with Gasteiger partial charge in [0.05, 0.1) is 11.1 Å². The van der Waals surface area contributed by atoms with E-state index < -0.39 is 5.91 Å². The minimum absolute atomic E-state index is 0. The third kappa shape index (κ3) is 7.42. The molecule has 0 aliphatic heterocycles. The van der Waals surface area contributed by atoms with Crippen LogP contribution in [0.3, 0.4) is 0 Å². The van der Waals surface area contributed by atoms with Crippen LogP contribution in [0, 0.1) is 0 Å². The summed E-state index contributed by atoms with van der Waals surface area (Å²) in [7, 11) is 0. The number of nitrogens with two attached hydrogens (primary N) is 1. The number of nitrogens with one attached hydrogen (secondary N) is 1. The highest BCUT2D eigenvalue weighted by atomic mass is 79.9. The number of carbonyl (C=O) groups is 1. The summed E-state index contributed by atoms with van der Waals surface area (Å²) in [6.07, 6.45) is 7.82. The predicted molar refractivity (Wildman–Crippen MR) is 106 cm³/mol. The highest BCUT2D eigenvalue weighted by Crippen LogP contribution is 2.37. The van der Waals surface area contributed by atoms with E-state index in [0.717, 1.165) is 16.6 Å². The molecule has 1 aliphatic carbocycles. The first-order chi connectivity index (χ1) is 11.6. The minimum Gasteiger partial charge on any atom is -0.490 e. The maximum Gasteiger partial charge on any atom is 0.255 e. The molecule has 1 aromatic carbocycles. The molecule has 1 aliphatic rings. The molecule has 1 saturated carbocycles. The van der Waals surface area contributed by atoms with Crippen molar-refractivity contribution < 1.29 is 14.3 Å². The van der Waals surface area contributed by atoms with E-state index in [1.54, 1.807) is 0 Å². The lowest BCUT2D eigenvalue weighted by molar-refractivity contribution is -0.119. The SMILES string of the molecule is CCOc1cc(CNC2CCCCCC2)cc(Br)c1OCC(N)=O.Cl.